The van der Waals surface area contributed by atoms with Gasteiger partial charge in [-0.1, -0.05) is 61.3 Å². The highest BCUT2D eigenvalue weighted by Crippen LogP contribution is 2.33. The van der Waals surface area contributed by atoms with Crippen LogP contribution in [0.5, 0.6) is 5.75 Å². The third-order valence-electron chi connectivity index (χ3n) is 5.65. The van der Waals surface area contributed by atoms with Gasteiger partial charge in [-0.05, 0) is 62.6 Å². The number of hydrogen-bond donors (Lipinski definition) is 2. The highest BCUT2D eigenvalue weighted by Gasteiger charge is 2.23. The van der Waals surface area contributed by atoms with Crippen LogP contribution in [-0.2, 0) is 22.6 Å². The average molecular weight is 542 g/mol. The van der Waals surface area contributed by atoms with Crippen LogP contribution in [0.25, 0.3) is 11.1 Å². The number of carboxylic acids is 1. The van der Waals surface area contributed by atoms with Crippen molar-refractivity contribution in [2.24, 2.45) is 0 Å². The van der Waals surface area contributed by atoms with E-state index in [4.69, 9.17) is 26.2 Å². The number of hydrogen-bond acceptors (Lipinski definition) is 4. The number of amides is 1. The van der Waals surface area contributed by atoms with Crippen LogP contribution in [0.3, 0.4) is 0 Å². The fraction of sp³-hybridized carbons (Fsp3) is 0.333. The molecule has 0 aliphatic heterocycles. The van der Waals surface area contributed by atoms with E-state index in [1.54, 1.807) is 81.4 Å². The van der Waals surface area contributed by atoms with Crippen LogP contribution < -0.4 is 10.1 Å². The summed E-state index contributed by atoms with van der Waals surface area (Å²) in [5.74, 6) is -0.952. The van der Waals surface area contributed by atoms with Crippen molar-refractivity contribution in [3.8, 4) is 16.9 Å². The number of nitrogens with one attached hydrogen (secondary N) is 1. The van der Waals surface area contributed by atoms with Crippen molar-refractivity contribution in [1.82, 2.24) is 5.32 Å². The number of halogens is 2. The molecular weight excluding hydrogens is 509 g/mol. The van der Waals surface area contributed by atoms with Gasteiger partial charge in [0.05, 0.1) is 12.5 Å². The summed E-state index contributed by atoms with van der Waals surface area (Å²) >= 11 is 6.39. The van der Waals surface area contributed by atoms with E-state index in [0.29, 0.717) is 45.0 Å². The lowest BCUT2D eigenvalue weighted by Crippen LogP contribution is -2.35. The van der Waals surface area contributed by atoms with Crippen LogP contribution in [0.15, 0.2) is 60.7 Å². The standard InChI is InChI=1S/C30H33ClFNO5/c1-5-9-25(33-29(36)38-30(2,3)4)24-12-8-11-23(28(24)32)21-14-19(15-22(31)16-21)18-37-26-13-7-6-10-20(26)17-27(34)35/h6-8,10-16,25H,5,9,17-18H2,1-4H3,(H,33,36)(H,34,35). The van der Waals surface area contributed by atoms with E-state index < -0.39 is 29.5 Å². The molecule has 0 aliphatic carbocycles. The molecule has 8 heteroatoms. The summed E-state index contributed by atoms with van der Waals surface area (Å²) in [6.45, 7) is 7.39. The minimum Gasteiger partial charge on any atom is -0.489 e. The summed E-state index contributed by atoms with van der Waals surface area (Å²) in [4.78, 5) is 23.6. The van der Waals surface area contributed by atoms with Crippen LogP contribution in [-0.4, -0.2) is 22.8 Å². The van der Waals surface area contributed by atoms with Crippen LogP contribution in [0.4, 0.5) is 9.18 Å². The minimum atomic E-state index is -0.955. The lowest BCUT2D eigenvalue weighted by molar-refractivity contribution is -0.136. The number of alkyl carbamates (subject to hydrolysis) is 1. The van der Waals surface area contributed by atoms with Gasteiger partial charge < -0.3 is 19.9 Å². The molecule has 0 radical (unpaired) electrons. The topological polar surface area (TPSA) is 84.9 Å². The molecule has 6 nitrogen and oxygen atoms in total. The Labute approximate surface area is 227 Å². The molecule has 0 aromatic heterocycles. The Kier molecular flexibility index (Phi) is 9.75. The predicted octanol–water partition coefficient (Wildman–Crippen LogP) is 7.72. The molecule has 3 rings (SSSR count). The van der Waals surface area contributed by atoms with Gasteiger partial charge in [-0.2, -0.15) is 0 Å². The summed E-state index contributed by atoms with van der Waals surface area (Å²) in [5, 5.41) is 12.4. The molecule has 1 atom stereocenters. The molecule has 0 saturated heterocycles. The normalized spacial score (nSPS) is 12.1. The molecule has 0 heterocycles. The average Bonchev–Trinajstić information content (AvgIpc) is 2.81. The van der Waals surface area contributed by atoms with Gasteiger partial charge in [0.2, 0.25) is 0 Å². The van der Waals surface area contributed by atoms with E-state index in [2.05, 4.69) is 5.32 Å². The smallest absolute Gasteiger partial charge is 0.408 e. The predicted molar refractivity (Wildman–Crippen MR) is 146 cm³/mol. The van der Waals surface area contributed by atoms with Crippen molar-refractivity contribution in [1.29, 1.82) is 0 Å². The molecule has 1 unspecified atom stereocenters. The molecule has 202 valence electrons. The number of carbonyl (C=O) groups excluding carboxylic acids is 1. The zero-order chi connectivity index (χ0) is 27.9. The SMILES string of the molecule is CCCC(NC(=O)OC(C)(C)C)c1cccc(-c2cc(Cl)cc(COc3ccccc3CC(=O)O)c2)c1F. The maximum Gasteiger partial charge on any atom is 0.408 e. The summed E-state index contributed by atoms with van der Waals surface area (Å²) in [6, 6.07) is 16.6. The third kappa shape index (κ3) is 8.21. The van der Waals surface area contributed by atoms with Gasteiger partial charge in [-0.15, -0.1) is 0 Å². The van der Waals surface area contributed by atoms with E-state index in [-0.39, 0.29) is 13.0 Å². The zero-order valence-electron chi connectivity index (χ0n) is 22.0. The maximum atomic E-state index is 15.9. The molecular formula is C30H33ClFNO5. The molecule has 1 amide bonds. The van der Waals surface area contributed by atoms with Crippen molar-refractivity contribution in [3.63, 3.8) is 0 Å². The Morgan fingerprint density at radius 3 is 2.50 bits per heavy atom. The molecule has 0 saturated carbocycles. The quantitative estimate of drug-likeness (QED) is 0.274. The van der Waals surface area contributed by atoms with Gasteiger partial charge in [0, 0.05) is 21.7 Å². The monoisotopic (exact) mass is 541 g/mol. The van der Waals surface area contributed by atoms with Crippen LogP contribution in [0.2, 0.25) is 5.02 Å². The van der Waals surface area contributed by atoms with Crippen molar-refractivity contribution in [2.45, 2.75) is 65.2 Å². The Balaban J connectivity index is 1.88. The number of benzene rings is 3. The van der Waals surface area contributed by atoms with Gasteiger partial charge in [0.15, 0.2) is 0 Å². The molecule has 0 aliphatic rings. The first kappa shape index (κ1) is 29.0. The fourth-order valence-electron chi connectivity index (χ4n) is 4.09. The van der Waals surface area contributed by atoms with Gasteiger partial charge >= 0.3 is 12.1 Å². The molecule has 3 aromatic rings. The number of para-hydroxylation sites is 1. The van der Waals surface area contributed by atoms with E-state index in [1.807, 2.05) is 6.92 Å². The Morgan fingerprint density at radius 1 is 1.08 bits per heavy atom. The molecule has 3 aromatic carbocycles. The zero-order valence-corrected chi connectivity index (χ0v) is 22.8. The first-order valence-corrected chi connectivity index (χ1v) is 12.8. The van der Waals surface area contributed by atoms with Crippen LogP contribution >= 0.6 is 11.6 Å². The van der Waals surface area contributed by atoms with E-state index in [1.165, 1.54) is 0 Å². The van der Waals surface area contributed by atoms with E-state index >= 15 is 4.39 Å². The summed E-state index contributed by atoms with van der Waals surface area (Å²) in [7, 11) is 0. The van der Waals surface area contributed by atoms with Crippen molar-refractivity contribution in [2.75, 3.05) is 0 Å². The third-order valence-corrected chi connectivity index (χ3v) is 5.87. The molecule has 2 N–H and O–H groups in total. The lowest BCUT2D eigenvalue weighted by atomic mass is 9.95. The van der Waals surface area contributed by atoms with Crippen molar-refractivity contribution >= 4 is 23.7 Å². The number of carbonyl (C=O) groups is 2. The Morgan fingerprint density at radius 2 is 1.82 bits per heavy atom. The van der Waals surface area contributed by atoms with Crippen LogP contribution in [0.1, 0.15) is 63.3 Å². The lowest BCUT2D eigenvalue weighted by Gasteiger charge is -2.24. The second kappa shape index (κ2) is 12.8. The molecule has 0 bridgehead atoms. The highest BCUT2D eigenvalue weighted by molar-refractivity contribution is 6.31. The van der Waals surface area contributed by atoms with Crippen molar-refractivity contribution < 1.29 is 28.6 Å². The summed E-state index contributed by atoms with van der Waals surface area (Å²) in [5.41, 5.74) is 1.83. The number of carboxylic acid groups (broad SMARTS) is 1. The second-order valence-corrected chi connectivity index (χ2v) is 10.4. The Bertz CT molecular complexity index is 1290. The maximum absolute atomic E-state index is 15.9. The summed E-state index contributed by atoms with van der Waals surface area (Å²) in [6.07, 6.45) is 0.493. The fourth-order valence-corrected chi connectivity index (χ4v) is 4.35. The molecule has 38 heavy (non-hydrogen) atoms. The second-order valence-electron chi connectivity index (χ2n) is 10.0. The first-order valence-electron chi connectivity index (χ1n) is 12.5. The van der Waals surface area contributed by atoms with E-state index in [0.717, 1.165) is 6.42 Å². The number of rotatable bonds is 10. The highest BCUT2D eigenvalue weighted by atomic mass is 35.5. The largest absolute Gasteiger partial charge is 0.489 e. The van der Waals surface area contributed by atoms with Crippen molar-refractivity contribution in [3.05, 3.63) is 88.2 Å². The first-order chi connectivity index (χ1) is 18.0. The van der Waals surface area contributed by atoms with Crippen LogP contribution in [0, 0.1) is 5.82 Å². The van der Waals surface area contributed by atoms with Gasteiger partial charge in [0.1, 0.15) is 23.8 Å². The van der Waals surface area contributed by atoms with Gasteiger partial charge in [0.25, 0.3) is 0 Å². The number of aliphatic carboxylic acids is 1. The Hall–Kier alpha value is -3.58. The van der Waals surface area contributed by atoms with Gasteiger partial charge in [-0.25, -0.2) is 9.18 Å². The molecule has 0 spiro atoms. The van der Waals surface area contributed by atoms with Gasteiger partial charge in [-0.3, -0.25) is 4.79 Å². The molecule has 0 fully saturated rings. The number of ether oxygens (including phenoxy) is 2. The summed E-state index contributed by atoms with van der Waals surface area (Å²) < 4.78 is 27.2. The minimum absolute atomic E-state index is 0.115. The van der Waals surface area contributed by atoms with E-state index in [9.17, 15) is 9.59 Å².